The number of hydrogen-bond donors (Lipinski definition) is 0. The highest BCUT2D eigenvalue weighted by molar-refractivity contribution is 6.31. The third-order valence-electron chi connectivity index (χ3n) is 3.67. The number of pyridine rings is 1. The average Bonchev–Trinajstić information content (AvgIpc) is 2.48. The van der Waals surface area contributed by atoms with E-state index in [1.807, 2.05) is 12.1 Å². The summed E-state index contributed by atoms with van der Waals surface area (Å²) in [6.07, 6.45) is 0.603. The first-order valence-electron chi connectivity index (χ1n) is 6.96. The van der Waals surface area contributed by atoms with Gasteiger partial charge < -0.3 is 4.74 Å². The van der Waals surface area contributed by atoms with Gasteiger partial charge in [0.2, 0.25) is 5.88 Å². The number of aryl methyl sites for hydroxylation is 2. The van der Waals surface area contributed by atoms with Crippen LogP contribution in [0.25, 0.3) is 0 Å². The molecule has 1 heterocycles. The number of benzene rings is 1. The molecule has 1 aromatic heterocycles. The fraction of sp³-hybridized carbons (Fsp3) is 0.312. The van der Waals surface area contributed by atoms with Gasteiger partial charge in [-0.05, 0) is 55.0 Å². The molecule has 22 heavy (non-hydrogen) atoms. The lowest BCUT2D eigenvalue weighted by Gasteiger charge is -2.17. The van der Waals surface area contributed by atoms with Crippen molar-refractivity contribution in [2.75, 3.05) is 0 Å². The predicted molar refractivity (Wildman–Crippen MR) is 77.4 cm³/mol. The molecule has 0 N–H and O–H groups in total. The SMILES string of the molecule is FC(F)(F)c1cnc(Oc2ccc3c(c2)CCCC3)c(Cl)c1. The molecule has 0 bridgehead atoms. The zero-order valence-electron chi connectivity index (χ0n) is 11.6. The largest absolute Gasteiger partial charge is 0.438 e. The topological polar surface area (TPSA) is 22.1 Å². The van der Waals surface area contributed by atoms with Crippen molar-refractivity contribution in [2.24, 2.45) is 0 Å². The Morgan fingerprint density at radius 1 is 1.05 bits per heavy atom. The second-order valence-corrected chi connectivity index (χ2v) is 5.66. The van der Waals surface area contributed by atoms with Crippen LogP contribution in [0.3, 0.4) is 0 Å². The van der Waals surface area contributed by atoms with Crippen molar-refractivity contribution in [3.8, 4) is 11.6 Å². The minimum atomic E-state index is -4.47. The molecule has 1 aliphatic rings. The van der Waals surface area contributed by atoms with E-state index >= 15 is 0 Å². The summed E-state index contributed by atoms with van der Waals surface area (Å²) >= 11 is 5.84. The molecule has 6 heteroatoms. The molecule has 0 amide bonds. The highest BCUT2D eigenvalue weighted by atomic mass is 35.5. The molecule has 0 radical (unpaired) electrons. The quantitative estimate of drug-likeness (QED) is 0.734. The summed E-state index contributed by atoms with van der Waals surface area (Å²) in [6.45, 7) is 0. The third-order valence-corrected chi connectivity index (χ3v) is 3.94. The number of halogens is 4. The first kappa shape index (κ1) is 15.2. The van der Waals surface area contributed by atoms with Gasteiger partial charge in [0.1, 0.15) is 10.8 Å². The molecular formula is C16H13ClF3NO. The Morgan fingerprint density at radius 2 is 1.77 bits per heavy atom. The fourth-order valence-corrected chi connectivity index (χ4v) is 2.75. The molecule has 0 saturated heterocycles. The van der Waals surface area contributed by atoms with Gasteiger partial charge >= 0.3 is 6.18 Å². The Labute approximate surface area is 130 Å². The molecule has 0 atom stereocenters. The maximum absolute atomic E-state index is 12.6. The minimum absolute atomic E-state index is 0.0228. The van der Waals surface area contributed by atoms with Gasteiger partial charge in [0, 0.05) is 6.20 Å². The van der Waals surface area contributed by atoms with Crippen LogP contribution >= 0.6 is 11.6 Å². The molecule has 2 nitrogen and oxygen atoms in total. The van der Waals surface area contributed by atoms with E-state index < -0.39 is 11.7 Å². The maximum atomic E-state index is 12.6. The van der Waals surface area contributed by atoms with Crippen molar-refractivity contribution < 1.29 is 17.9 Å². The van der Waals surface area contributed by atoms with Crippen LogP contribution < -0.4 is 4.74 Å². The summed E-state index contributed by atoms with van der Waals surface area (Å²) in [5, 5.41) is -0.160. The molecule has 0 unspecified atom stereocenters. The highest BCUT2D eigenvalue weighted by Gasteiger charge is 2.31. The molecule has 3 rings (SSSR count). The number of hydrogen-bond acceptors (Lipinski definition) is 2. The van der Waals surface area contributed by atoms with E-state index in [9.17, 15) is 13.2 Å². The van der Waals surface area contributed by atoms with E-state index in [-0.39, 0.29) is 10.9 Å². The van der Waals surface area contributed by atoms with Crippen molar-refractivity contribution >= 4 is 11.6 Å². The van der Waals surface area contributed by atoms with Crippen LogP contribution in [0.2, 0.25) is 5.02 Å². The Kier molecular flexibility index (Phi) is 4.00. The number of nitrogens with zero attached hydrogens (tertiary/aromatic N) is 1. The summed E-state index contributed by atoms with van der Waals surface area (Å²) in [7, 11) is 0. The molecule has 0 spiro atoms. The second-order valence-electron chi connectivity index (χ2n) is 5.25. The van der Waals surface area contributed by atoms with Gasteiger partial charge in [0.25, 0.3) is 0 Å². The van der Waals surface area contributed by atoms with E-state index in [1.54, 1.807) is 6.07 Å². The number of ether oxygens (including phenoxy) is 1. The molecule has 1 aliphatic carbocycles. The Balaban J connectivity index is 1.84. The maximum Gasteiger partial charge on any atom is 0.417 e. The summed E-state index contributed by atoms with van der Waals surface area (Å²) in [6, 6.07) is 6.51. The van der Waals surface area contributed by atoms with E-state index in [0.29, 0.717) is 5.75 Å². The number of fused-ring (bicyclic) bond motifs is 1. The summed E-state index contributed by atoms with van der Waals surface area (Å²) in [5.41, 5.74) is 1.62. The minimum Gasteiger partial charge on any atom is -0.438 e. The molecule has 0 aliphatic heterocycles. The molecule has 2 aromatic rings. The average molecular weight is 328 g/mol. The normalized spacial score (nSPS) is 14.5. The van der Waals surface area contributed by atoms with Crippen molar-refractivity contribution in [1.29, 1.82) is 0 Å². The number of alkyl halides is 3. The van der Waals surface area contributed by atoms with Crippen LogP contribution in [-0.4, -0.2) is 4.98 Å². The van der Waals surface area contributed by atoms with Crippen molar-refractivity contribution in [2.45, 2.75) is 31.9 Å². The summed E-state index contributed by atoms with van der Waals surface area (Å²) in [4.78, 5) is 3.68. The van der Waals surface area contributed by atoms with Crippen molar-refractivity contribution in [3.05, 3.63) is 52.2 Å². The number of aromatic nitrogens is 1. The highest BCUT2D eigenvalue weighted by Crippen LogP contribution is 2.35. The summed E-state index contributed by atoms with van der Waals surface area (Å²) in [5.74, 6) is 0.514. The Morgan fingerprint density at radius 3 is 2.45 bits per heavy atom. The lowest BCUT2D eigenvalue weighted by molar-refractivity contribution is -0.137. The fourth-order valence-electron chi connectivity index (χ4n) is 2.54. The third kappa shape index (κ3) is 3.19. The zero-order valence-corrected chi connectivity index (χ0v) is 12.3. The van der Waals surface area contributed by atoms with Crippen molar-refractivity contribution in [3.63, 3.8) is 0 Å². The lowest BCUT2D eigenvalue weighted by Crippen LogP contribution is -2.06. The standard InChI is InChI=1S/C16H13ClF3NO/c17-14-8-12(16(18,19)20)9-21-15(14)22-13-6-5-10-3-1-2-4-11(10)7-13/h5-9H,1-4H2. The lowest BCUT2D eigenvalue weighted by atomic mass is 9.92. The molecule has 1 aromatic carbocycles. The Hall–Kier alpha value is -1.75. The van der Waals surface area contributed by atoms with E-state index in [1.165, 1.54) is 17.5 Å². The van der Waals surface area contributed by atoms with Gasteiger partial charge in [-0.3, -0.25) is 0 Å². The first-order valence-corrected chi connectivity index (χ1v) is 7.34. The van der Waals surface area contributed by atoms with Crippen LogP contribution in [0.5, 0.6) is 11.6 Å². The van der Waals surface area contributed by atoms with Gasteiger partial charge in [0.15, 0.2) is 0 Å². The Bertz CT molecular complexity index is 700. The zero-order chi connectivity index (χ0) is 15.7. The van der Waals surface area contributed by atoms with E-state index in [4.69, 9.17) is 16.3 Å². The van der Waals surface area contributed by atoms with Crippen LogP contribution in [0.4, 0.5) is 13.2 Å². The molecular weight excluding hydrogens is 315 g/mol. The van der Waals surface area contributed by atoms with Crippen LogP contribution in [0.15, 0.2) is 30.5 Å². The van der Waals surface area contributed by atoms with Gasteiger partial charge in [-0.25, -0.2) is 4.98 Å². The van der Waals surface area contributed by atoms with Crippen LogP contribution in [0.1, 0.15) is 29.5 Å². The van der Waals surface area contributed by atoms with Gasteiger partial charge in [-0.1, -0.05) is 17.7 Å². The van der Waals surface area contributed by atoms with E-state index in [2.05, 4.69) is 4.98 Å². The van der Waals surface area contributed by atoms with Gasteiger partial charge in [0.05, 0.1) is 5.56 Å². The molecule has 0 fully saturated rings. The smallest absolute Gasteiger partial charge is 0.417 e. The first-order chi connectivity index (χ1) is 10.4. The van der Waals surface area contributed by atoms with Crippen molar-refractivity contribution in [1.82, 2.24) is 4.98 Å². The second kappa shape index (κ2) is 5.80. The number of rotatable bonds is 2. The predicted octanol–water partition coefficient (Wildman–Crippen LogP) is 5.42. The van der Waals surface area contributed by atoms with Gasteiger partial charge in [-0.15, -0.1) is 0 Å². The summed E-state index contributed by atoms with van der Waals surface area (Å²) < 4.78 is 43.3. The molecule has 116 valence electrons. The van der Waals surface area contributed by atoms with E-state index in [0.717, 1.165) is 31.5 Å². The van der Waals surface area contributed by atoms with Gasteiger partial charge in [-0.2, -0.15) is 13.2 Å². The van der Waals surface area contributed by atoms with Crippen LogP contribution in [0, 0.1) is 0 Å². The monoisotopic (exact) mass is 327 g/mol. The molecule has 0 saturated carbocycles. The van der Waals surface area contributed by atoms with Crippen LogP contribution in [-0.2, 0) is 19.0 Å².